The van der Waals surface area contributed by atoms with Gasteiger partial charge in [-0.15, -0.1) is 0 Å². The molecule has 1 nitrogen and oxygen atoms in total. The molecule has 0 aliphatic heterocycles. The molecule has 4 aliphatic rings. The van der Waals surface area contributed by atoms with E-state index in [0.29, 0.717) is 5.78 Å². The van der Waals surface area contributed by atoms with Gasteiger partial charge in [0.25, 0.3) is 0 Å². The molecule has 4 saturated carbocycles. The van der Waals surface area contributed by atoms with Gasteiger partial charge in [-0.1, -0.05) is 0 Å². The zero-order chi connectivity index (χ0) is 8.34. The topological polar surface area (TPSA) is 17.1 Å². The van der Waals surface area contributed by atoms with Crippen molar-refractivity contribution in [1.82, 2.24) is 0 Å². The van der Waals surface area contributed by atoms with Gasteiger partial charge >= 0.3 is 0 Å². The van der Waals surface area contributed by atoms with Gasteiger partial charge in [-0.2, -0.15) is 0 Å². The summed E-state index contributed by atoms with van der Waals surface area (Å²) in [4.78, 5) is 11.6. The molecule has 4 bridgehead atoms. The number of rotatable bonds is 1. The fourth-order valence-corrected chi connectivity index (χ4v) is 4.37. The average Bonchev–Trinajstić information content (AvgIpc) is 2.37. The van der Waals surface area contributed by atoms with Crippen LogP contribution in [-0.2, 0) is 4.79 Å². The first kappa shape index (κ1) is 7.11. The quantitative estimate of drug-likeness (QED) is 0.581. The van der Waals surface area contributed by atoms with Crippen molar-refractivity contribution in [2.45, 2.75) is 39.0 Å². The molecule has 2 unspecified atom stereocenters. The van der Waals surface area contributed by atoms with Crippen molar-refractivity contribution in [1.29, 1.82) is 0 Å². The van der Waals surface area contributed by atoms with Crippen LogP contribution in [0.4, 0.5) is 0 Å². The number of hydrogen-bond donors (Lipinski definition) is 0. The molecule has 0 aromatic rings. The summed E-state index contributed by atoms with van der Waals surface area (Å²) in [6.07, 6.45) is 6.66. The third-order valence-corrected chi connectivity index (χ3v) is 4.69. The smallest absolute Gasteiger partial charge is 0.136 e. The Labute approximate surface area is 73.5 Å². The fraction of sp³-hybridized carbons (Fsp3) is 0.909. The van der Waals surface area contributed by atoms with Crippen molar-refractivity contribution in [2.24, 2.45) is 23.2 Å². The van der Waals surface area contributed by atoms with E-state index >= 15 is 0 Å². The number of hydrogen-bond acceptors (Lipinski definition) is 1. The summed E-state index contributed by atoms with van der Waals surface area (Å²) >= 11 is 0. The van der Waals surface area contributed by atoms with Gasteiger partial charge < -0.3 is 0 Å². The average molecular weight is 164 g/mol. The highest BCUT2D eigenvalue weighted by atomic mass is 16.1. The number of carbonyl (C=O) groups is 1. The van der Waals surface area contributed by atoms with Gasteiger partial charge in [0.05, 0.1) is 0 Å². The normalized spacial score (nSPS) is 54.9. The Morgan fingerprint density at radius 1 is 1.17 bits per heavy atom. The summed E-state index contributed by atoms with van der Waals surface area (Å²) in [5.74, 6) is 3.13. The van der Waals surface area contributed by atoms with E-state index in [0.717, 1.165) is 17.8 Å². The molecule has 2 atom stereocenters. The first-order valence-corrected chi connectivity index (χ1v) is 5.22. The fourth-order valence-electron chi connectivity index (χ4n) is 4.37. The summed E-state index contributed by atoms with van der Waals surface area (Å²) in [6.45, 7) is 1.82. The van der Waals surface area contributed by atoms with Gasteiger partial charge in [0.15, 0.2) is 0 Å². The minimum absolute atomic E-state index is 0.188. The van der Waals surface area contributed by atoms with Crippen LogP contribution in [0.1, 0.15) is 39.0 Å². The monoisotopic (exact) mass is 164 g/mol. The highest BCUT2D eigenvalue weighted by Crippen LogP contribution is 2.65. The lowest BCUT2D eigenvalue weighted by Gasteiger charge is -2.30. The first-order chi connectivity index (χ1) is 5.71. The molecular weight excluding hydrogens is 148 g/mol. The maximum Gasteiger partial charge on any atom is 0.136 e. The van der Waals surface area contributed by atoms with Crippen LogP contribution in [0, 0.1) is 23.2 Å². The largest absolute Gasteiger partial charge is 0.299 e. The zero-order valence-electron chi connectivity index (χ0n) is 7.68. The molecule has 1 heteroatoms. The predicted molar refractivity (Wildman–Crippen MR) is 46.7 cm³/mol. The van der Waals surface area contributed by atoms with Crippen LogP contribution >= 0.6 is 0 Å². The summed E-state index contributed by atoms with van der Waals surface area (Å²) < 4.78 is 0. The van der Waals surface area contributed by atoms with Crippen LogP contribution in [0.3, 0.4) is 0 Å². The Hall–Kier alpha value is -0.330. The molecule has 0 N–H and O–H groups in total. The second-order valence-corrected chi connectivity index (χ2v) is 5.26. The van der Waals surface area contributed by atoms with Crippen molar-refractivity contribution in [3.05, 3.63) is 0 Å². The maximum absolute atomic E-state index is 11.6. The van der Waals surface area contributed by atoms with Gasteiger partial charge in [0, 0.05) is 5.41 Å². The van der Waals surface area contributed by atoms with E-state index in [4.69, 9.17) is 0 Å². The number of ketones is 1. The molecule has 0 radical (unpaired) electrons. The zero-order valence-corrected chi connectivity index (χ0v) is 7.68. The van der Waals surface area contributed by atoms with Crippen LogP contribution in [0.5, 0.6) is 0 Å². The Morgan fingerprint density at radius 3 is 2.17 bits per heavy atom. The molecule has 0 aromatic carbocycles. The second-order valence-electron chi connectivity index (χ2n) is 5.26. The van der Waals surface area contributed by atoms with Gasteiger partial charge in [0.2, 0.25) is 0 Å². The predicted octanol–water partition coefficient (Wildman–Crippen LogP) is 2.40. The Kier molecular flexibility index (Phi) is 1.15. The van der Waals surface area contributed by atoms with E-state index in [1.807, 2.05) is 6.92 Å². The van der Waals surface area contributed by atoms with Crippen molar-refractivity contribution in [3.8, 4) is 0 Å². The van der Waals surface area contributed by atoms with Crippen LogP contribution in [0.25, 0.3) is 0 Å². The molecule has 0 saturated heterocycles. The molecule has 4 aliphatic carbocycles. The van der Waals surface area contributed by atoms with Crippen molar-refractivity contribution in [2.75, 3.05) is 0 Å². The molecule has 12 heavy (non-hydrogen) atoms. The number of carbonyl (C=O) groups excluding carboxylic acids is 1. The van der Waals surface area contributed by atoms with Crippen molar-refractivity contribution >= 4 is 5.78 Å². The molecule has 0 heterocycles. The first-order valence-electron chi connectivity index (χ1n) is 5.22. The lowest BCUT2D eigenvalue weighted by Crippen LogP contribution is -2.30. The highest BCUT2D eigenvalue weighted by Gasteiger charge is 2.59. The standard InChI is InChI=1S/C11H16O/c1-7(12)11-5-8-2-9(6-11)4-10(11)3-8/h8-10H,2-6H2,1H3. The summed E-state index contributed by atoms with van der Waals surface area (Å²) in [5, 5.41) is 0. The number of Topliss-reactive ketones (excluding diaryl/α,β-unsaturated/α-hetero) is 1. The Bertz CT molecular complexity index is 229. The van der Waals surface area contributed by atoms with Crippen LogP contribution in [0.15, 0.2) is 0 Å². The van der Waals surface area contributed by atoms with E-state index in [1.165, 1.54) is 32.1 Å². The SMILES string of the molecule is CC(=O)C12CC3CC(CC1C3)C2. The van der Waals surface area contributed by atoms with Gasteiger partial charge in [-0.25, -0.2) is 0 Å². The molecule has 0 spiro atoms. The lowest BCUT2D eigenvalue weighted by atomic mass is 9.73. The summed E-state index contributed by atoms with van der Waals surface area (Å²) in [6, 6.07) is 0. The van der Waals surface area contributed by atoms with E-state index < -0.39 is 0 Å². The molecule has 4 rings (SSSR count). The summed E-state index contributed by atoms with van der Waals surface area (Å²) in [7, 11) is 0. The molecule has 0 aromatic heterocycles. The minimum Gasteiger partial charge on any atom is -0.299 e. The molecular formula is C11H16O. The van der Waals surface area contributed by atoms with Crippen LogP contribution < -0.4 is 0 Å². The lowest BCUT2D eigenvalue weighted by molar-refractivity contribution is -0.128. The van der Waals surface area contributed by atoms with E-state index in [-0.39, 0.29) is 5.41 Å². The molecule has 0 amide bonds. The molecule has 66 valence electrons. The van der Waals surface area contributed by atoms with Crippen molar-refractivity contribution in [3.63, 3.8) is 0 Å². The van der Waals surface area contributed by atoms with Gasteiger partial charge in [0.1, 0.15) is 5.78 Å². The van der Waals surface area contributed by atoms with Gasteiger partial charge in [-0.05, 0) is 56.8 Å². The minimum atomic E-state index is 0.188. The third-order valence-electron chi connectivity index (χ3n) is 4.69. The van der Waals surface area contributed by atoms with E-state index in [9.17, 15) is 4.79 Å². The van der Waals surface area contributed by atoms with E-state index in [1.54, 1.807) is 0 Å². The van der Waals surface area contributed by atoms with Crippen LogP contribution in [0.2, 0.25) is 0 Å². The highest BCUT2D eigenvalue weighted by molar-refractivity contribution is 5.83. The maximum atomic E-state index is 11.6. The second kappa shape index (κ2) is 1.94. The Balaban J connectivity index is 2.03. The van der Waals surface area contributed by atoms with Crippen LogP contribution in [-0.4, -0.2) is 5.78 Å². The Morgan fingerprint density at radius 2 is 1.75 bits per heavy atom. The summed E-state index contributed by atoms with van der Waals surface area (Å²) in [5.41, 5.74) is 0.188. The third kappa shape index (κ3) is 0.641. The van der Waals surface area contributed by atoms with Crippen molar-refractivity contribution < 1.29 is 4.79 Å². The molecule has 4 fully saturated rings. The van der Waals surface area contributed by atoms with Gasteiger partial charge in [-0.3, -0.25) is 4.79 Å². The van der Waals surface area contributed by atoms with E-state index in [2.05, 4.69) is 0 Å².